The molecule has 2 fully saturated rings. The molecular weight excluding hydrogens is 184 g/mol. The molecule has 3 unspecified atom stereocenters. The molecule has 0 radical (unpaired) electrons. The van der Waals surface area contributed by atoms with E-state index in [1.807, 2.05) is 18.5 Å². The van der Waals surface area contributed by atoms with Crippen LogP contribution in [-0.4, -0.2) is 12.0 Å². The first-order valence-corrected chi connectivity index (χ1v) is 5.99. The normalized spacial score (nSPS) is 34.9. The molecule has 2 aliphatic rings. The van der Waals surface area contributed by atoms with Gasteiger partial charge in [-0.2, -0.15) is 0 Å². The molecule has 0 saturated heterocycles. The topological polar surface area (TPSA) is 24.9 Å². The minimum Gasteiger partial charge on any atom is -0.313 e. The maximum atomic E-state index is 4.22. The van der Waals surface area contributed by atoms with E-state index in [-0.39, 0.29) is 0 Å². The number of pyridine rings is 1. The van der Waals surface area contributed by atoms with E-state index in [4.69, 9.17) is 0 Å². The summed E-state index contributed by atoms with van der Waals surface area (Å²) < 4.78 is 0. The van der Waals surface area contributed by atoms with Gasteiger partial charge in [0.15, 0.2) is 0 Å². The van der Waals surface area contributed by atoms with Crippen molar-refractivity contribution < 1.29 is 0 Å². The molecule has 0 aliphatic heterocycles. The number of nitrogens with one attached hydrogen (secondary N) is 1. The molecule has 3 rings (SSSR count). The Morgan fingerprint density at radius 1 is 1.40 bits per heavy atom. The highest BCUT2D eigenvalue weighted by Gasteiger charge is 2.55. The molecule has 2 aliphatic carbocycles. The number of hydrogen-bond acceptors (Lipinski definition) is 2. The van der Waals surface area contributed by atoms with Crippen LogP contribution < -0.4 is 5.32 Å². The Balaban J connectivity index is 1.78. The predicted octanol–water partition coefficient (Wildman–Crippen LogP) is 2.39. The van der Waals surface area contributed by atoms with Gasteiger partial charge in [0, 0.05) is 18.4 Å². The molecule has 80 valence electrons. The molecule has 2 nitrogen and oxygen atoms in total. The van der Waals surface area contributed by atoms with Gasteiger partial charge < -0.3 is 5.32 Å². The van der Waals surface area contributed by atoms with Gasteiger partial charge in [-0.05, 0) is 49.3 Å². The summed E-state index contributed by atoms with van der Waals surface area (Å²) >= 11 is 0. The van der Waals surface area contributed by atoms with Crippen LogP contribution in [0.4, 0.5) is 0 Å². The third-order valence-corrected chi connectivity index (χ3v) is 4.21. The van der Waals surface area contributed by atoms with Gasteiger partial charge in [0.25, 0.3) is 0 Å². The summed E-state index contributed by atoms with van der Waals surface area (Å²) in [4.78, 5) is 4.22. The Morgan fingerprint density at radius 3 is 2.80 bits per heavy atom. The van der Waals surface area contributed by atoms with E-state index in [1.54, 1.807) is 0 Å². The van der Waals surface area contributed by atoms with E-state index in [0.717, 1.165) is 17.8 Å². The first-order chi connectivity index (χ1) is 7.42. The highest BCUT2D eigenvalue weighted by atomic mass is 14.9. The maximum Gasteiger partial charge on any atom is 0.0367 e. The van der Waals surface area contributed by atoms with Gasteiger partial charge in [-0.1, -0.05) is 12.5 Å². The molecule has 0 amide bonds. The highest BCUT2D eigenvalue weighted by molar-refractivity contribution is 5.20. The largest absolute Gasteiger partial charge is 0.313 e. The van der Waals surface area contributed by atoms with Crippen LogP contribution in [0.2, 0.25) is 0 Å². The zero-order chi connectivity index (χ0) is 10.3. The van der Waals surface area contributed by atoms with Crippen LogP contribution in [0.3, 0.4) is 0 Å². The quantitative estimate of drug-likeness (QED) is 0.814. The van der Waals surface area contributed by atoms with Gasteiger partial charge in [0.2, 0.25) is 0 Å². The maximum absolute atomic E-state index is 4.22. The van der Waals surface area contributed by atoms with E-state index in [9.17, 15) is 0 Å². The molecule has 1 aromatic rings. The summed E-state index contributed by atoms with van der Waals surface area (Å²) in [5.41, 5.74) is 1.36. The number of aromatic nitrogens is 1. The zero-order valence-corrected chi connectivity index (χ0v) is 9.19. The molecule has 0 spiro atoms. The number of rotatable bonds is 3. The van der Waals surface area contributed by atoms with Crippen LogP contribution in [-0.2, 0) is 0 Å². The highest BCUT2D eigenvalue weighted by Crippen LogP contribution is 2.61. The fraction of sp³-hybridized carbons (Fsp3) is 0.615. The zero-order valence-electron chi connectivity index (χ0n) is 9.19. The van der Waals surface area contributed by atoms with E-state index in [2.05, 4.69) is 23.4 Å². The van der Waals surface area contributed by atoms with Crippen LogP contribution in [0.1, 0.15) is 30.9 Å². The molecule has 1 heterocycles. The summed E-state index contributed by atoms with van der Waals surface area (Å²) in [7, 11) is 2.08. The third-order valence-electron chi connectivity index (χ3n) is 4.21. The van der Waals surface area contributed by atoms with Crippen molar-refractivity contribution in [3.63, 3.8) is 0 Å². The number of nitrogens with zero attached hydrogens (tertiary/aromatic N) is 1. The second-order valence-corrected chi connectivity index (χ2v) is 4.89. The minimum absolute atomic E-state index is 0.536. The average Bonchev–Trinajstić information content (AvgIpc) is 2.76. The summed E-state index contributed by atoms with van der Waals surface area (Å²) in [6.45, 7) is 0. The van der Waals surface area contributed by atoms with Crippen molar-refractivity contribution in [2.24, 2.45) is 17.8 Å². The van der Waals surface area contributed by atoms with Crippen molar-refractivity contribution in [2.75, 3.05) is 7.05 Å². The van der Waals surface area contributed by atoms with Gasteiger partial charge in [0.1, 0.15) is 0 Å². The Morgan fingerprint density at radius 2 is 2.20 bits per heavy atom. The first-order valence-electron chi connectivity index (χ1n) is 5.99. The van der Waals surface area contributed by atoms with Crippen molar-refractivity contribution in [1.29, 1.82) is 0 Å². The van der Waals surface area contributed by atoms with Gasteiger partial charge in [-0.25, -0.2) is 0 Å². The molecule has 0 aromatic carbocycles. The molecule has 2 heteroatoms. The van der Waals surface area contributed by atoms with Gasteiger partial charge in [0.05, 0.1) is 0 Å². The summed E-state index contributed by atoms with van der Waals surface area (Å²) in [5.74, 6) is 2.89. The second kappa shape index (κ2) is 3.60. The summed E-state index contributed by atoms with van der Waals surface area (Å²) in [5, 5.41) is 3.47. The molecule has 3 atom stereocenters. The minimum atomic E-state index is 0.536. The Labute approximate surface area is 91.1 Å². The van der Waals surface area contributed by atoms with E-state index < -0.39 is 0 Å². The van der Waals surface area contributed by atoms with Gasteiger partial charge in [-0.3, -0.25) is 4.98 Å². The first kappa shape index (κ1) is 9.34. The lowest BCUT2D eigenvalue weighted by molar-refractivity contribution is 0.444. The fourth-order valence-electron chi connectivity index (χ4n) is 3.51. The Hall–Kier alpha value is -0.890. The standard InChI is InChI=1S/C13H18N2/c1-14-13(9-4-3-7-15-8-9)12-10-5-2-6-11(10)12/h3-4,7-8,10-14H,2,5-6H2,1H3. The molecular formula is C13H18N2. The predicted molar refractivity (Wildman–Crippen MR) is 60.4 cm³/mol. The van der Waals surface area contributed by atoms with Crippen LogP contribution in [0.5, 0.6) is 0 Å². The lowest BCUT2D eigenvalue weighted by Gasteiger charge is -2.18. The van der Waals surface area contributed by atoms with E-state index in [0.29, 0.717) is 6.04 Å². The van der Waals surface area contributed by atoms with Crippen molar-refractivity contribution in [3.8, 4) is 0 Å². The lowest BCUT2D eigenvalue weighted by Crippen LogP contribution is -2.20. The third kappa shape index (κ3) is 1.48. The summed E-state index contributed by atoms with van der Waals surface area (Å²) in [6, 6.07) is 4.77. The van der Waals surface area contributed by atoms with Crippen LogP contribution in [0.25, 0.3) is 0 Å². The Kier molecular flexibility index (Phi) is 2.24. The number of hydrogen-bond donors (Lipinski definition) is 1. The SMILES string of the molecule is CNC(c1cccnc1)C1C2CCCC21. The van der Waals surface area contributed by atoms with Crippen molar-refractivity contribution in [1.82, 2.24) is 10.3 Å². The second-order valence-electron chi connectivity index (χ2n) is 4.89. The molecule has 1 aromatic heterocycles. The van der Waals surface area contributed by atoms with Gasteiger partial charge >= 0.3 is 0 Å². The molecule has 1 N–H and O–H groups in total. The number of fused-ring (bicyclic) bond motifs is 1. The van der Waals surface area contributed by atoms with Crippen molar-refractivity contribution in [2.45, 2.75) is 25.3 Å². The van der Waals surface area contributed by atoms with E-state index in [1.165, 1.54) is 24.8 Å². The van der Waals surface area contributed by atoms with E-state index >= 15 is 0 Å². The lowest BCUT2D eigenvalue weighted by atomic mass is 9.98. The summed E-state index contributed by atoms with van der Waals surface area (Å²) in [6.07, 6.45) is 8.22. The van der Waals surface area contributed by atoms with Crippen LogP contribution in [0, 0.1) is 17.8 Å². The van der Waals surface area contributed by atoms with Crippen molar-refractivity contribution in [3.05, 3.63) is 30.1 Å². The molecule has 15 heavy (non-hydrogen) atoms. The monoisotopic (exact) mass is 202 g/mol. The average molecular weight is 202 g/mol. The molecule has 0 bridgehead atoms. The smallest absolute Gasteiger partial charge is 0.0367 e. The Bertz CT molecular complexity index is 326. The molecule has 2 saturated carbocycles. The van der Waals surface area contributed by atoms with Gasteiger partial charge in [-0.15, -0.1) is 0 Å². The van der Waals surface area contributed by atoms with Crippen LogP contribution in [0.15, 0.2) is 24.5 Å². The van der Waals surface area contributed by atoms with Crippen LogP contribution >= 0.6 is 0 Å². The fourth-order valence-corrected chi connectivity index (χ4v) is 3.51. The van der Waals surface area contributed by atoms with Crippen molar-refractivity contribution >= 4 is 0 Å².